The van der Waals surface area contributed by atoms with Crippen molar-refractivity contribution >= 4 is 22.1 Å². The van der Waals surface area contributed by atoms with Crippen LogP contribution in [0.15, 0.2) is 146 Å². The largest absolute Gasteiger partial charge is 0.296 e. The van der Waals surface area contributed by atoms with Gasteiger partial charge in [-0.15, -0.1) is 0 Å². The highest BCUT2D eigenvalue weighted by Gasteiger charge is 2.22. The number of aromatic nitrogens is 4. The van der Waals surface area contributed by atoms with Gasteiger partial charge in [-0.25, -0.2) is 9.97 Å². The molecule has 46 heavy (non-hydrogen) atoms. The number of benzene rings is 6. The molecule has 0 fully saturated rings. The molecule has 6 aromatic carbocycles. The number of fused-ring (bicyclic) bond motifs is 2. The van der Waals surface area contributed by atoms with Crippen LogP contribution in [0, 0.1) is 0 Å². The van der Waals surface area contributed by atoms with Crippen LogP contribution in [0.2, 0.25) is 0 Å². The van der Waals surface area contributed by atoms with Crippen LogP contribution in [-0.4, -0.2) is 19.1 Å². The number of hydrogen-bond donors (Lipinski definition) is 0. The summed E-state index contributed by atoms with van der Waals surface area (Å²) < 4.78 is 4.69. The van der Waals surface area contributed by atoms with Gasteiger partial charge in [-0.1, -0.05) is 123 Å². The molecule has 0 aliphatic heterocycles. The van der Waals surface area contributed by atoms with Gasteiger partial charge in [-0.3, -0.25) is 9.13 Å². The maximum atomic E-state index is 5.05. The Morgan fingerprint density at radius 1 is 0.413 bits per heavy atom. The van der Waals surface area contributed by atoms with Crippen molar-refractivity contribution in [2.24, 2.45) is 0 Å². The van der Waals surface area contributed by atoms with Crippen molar-refractivity contribution in [3.8, 4) is 44.8 Å². The van der Waals surface area contributed by atoms with Gasteiger partial charge in [0.05, 0.1) is 33.4 Å². The maximum absolute atomic E-state index is 5.05. The molecule has 2 aromatic heterocycles. The summed E-state index contributed by atoms with van der Waals surface area (Å²) in [6.45, 7) is 4.36. The Labute approximate surface area is 269 Å². The number of hydrogen-bond acceptors (Lipinski definition) is 2. The van der Waals surface area contributed by atoms with Crippen LogP contribution in [0.25, 0.3) is 66.8 Å². The van der Waals surface area contributed by atoms with Crippen LogP contribution in [0.4, 0.5) is 0 Å². The van der Waals surface area contributed by atoms with Gasteiger partial charge in [0, 0.05) is 24.0 Å². The second-order valence-electron chi connectivity index (χ2n) is 11.5. The Morgan fingerprint density at radius 3 is 1.48 bits per heavy atom. The monoisotopic (exact) mass is 594 g/mol. The standard InChI is InChI=1S/C42H34N4/c1-3-40-43-34-23-10-14-27-38(34)45(40)36-25-12-8-19-31(36)32-22-16-21-30(29-17-6-5-7-18-29)42(32)33-20-9-13-26-37(33)46-39-28-15-11-24-35(39)44-41(46)4-2/h5-28H,3-4H2,1-2H3. The van der Waals surface area contributed by atoms with Gasteiger partial charge in [-0.2, -0.15) is 0 Å². The quantitative estimate of drug-likeness (QED) is 0.184. The summed E-state index contributed by atoms with van der Waals surface area (Å²) in [5.41, 5.74) is 13.6. The SMILES string of the molecule is CCc1nc2ccccc2n1-c1ccccc1-c1cccc(-c2ccccc2)c1-c1ccccc1-n1c(CC)nc2ccccc21. The molecule has 222 valence electrons. The molecule has 0 unspecified atom stereocenters. The predicted octanol–water partition coefficient (Wildman–Crippen LogP) is 10.5. The number of rotatable bonds is 7. The van der Waals surface area contributed by atoms with Crippen LogP contribution in [0.1, 0.15) is 25.5 Å². The van der Waals surface area contributed by atoms with Crippen LogP contribution in [0.3, 0.4) is 0 Å². The Kier molecular flexibility index (Phi) is 7.03. The highest BCUT2D eigenvalue weighted by Crippen LogP contribution is 2.45. The van der Waals surface area contributed by atoms with E-state index in [4.69, 9.17) is 9.97 Å². The number of para-hydroxylation sites is 6. The normalized spacial score (nSPS) is 11.4. The zero-order valence-corrected chi connectivity index (χ0v) is 26.1. The van der Waals surface area contributed by atoms with Gasteiger partial charge in [0.15, 0.2) is 0 Å². The van der Waals surface area contributed by atoms with Gasteiger partial charge in [0.2, 0.25) is 0 Å². The third kappa shape index (κ3) is 4.53. The predicted molar refractivity (Wildman–Crippen MR) is 191 cm³/mol. The Bertz CT molecular complexity index is 2340. The summed E-state index contributed by atoms with van der Waals surface area (Å²) in [4.78, 5) is 10.1. The molecular formula is C42H34N4. The summed E-state index contributed by atoms with van der Waals surface area (Å²) in [6.07, 6.45) is 1.66. The highest BCUT2D eigenvalue weighted by atomic mass is 15.1. The first-order valence-corrected chi connectivity index (χ1v) is 16.1. The minimum Gasteiger partial charge on any atom is -0.296 e. The van der Waals surface area contributed by atoms with Gasteiger partial charge < -0.3 is 0 Å². The minimum absolute atomic E-state index is 0.826. The first-order chi connectivity index (χ1) is 22.8. The van der Waals surface area contributed by atoms with E-state index in [1.54, 1.807) is 0 Å². The minimum atomic E-state index is 0.826. The molecule has 0 amide bonds. The fraction of sp³-hybridized carbons (Fsp3) is 0.0952. The van der Waals surface area contributed by atoms with Gasteiger partial charge in [-0.05, 0) is 58.7 Å². The molecule has 0 bridgehead atoms. The molecule has 0 N–H and O–H groups in total. The zero-order chi connectivity index (χ0) is 31.0. The first kappa shape index (κ1) is 27.8. The average Bonchev–Trinajstić information content (AvgIpc) is 3.70. The summed E-state index contributed by atoms with van der Waals surface area (Å²) in [5.74, 6) is 2.09. The highest BCUT2D eigenvalue weighted by molar-refractivity contribution is 5.99. The lowest BCUT2D eigenvalue weighted by atomic mass is 9.86. The van der Waals surface area contributed by atoms with E-state index in [9.17, 15) is 0 Å². The van der Waals surface area contributed by atoms with Gasteiger partial charge in [0.1, 0.15) is 11.6 Å². The molecule has 0 saturated carbocycles. The summed E-state index contributed by atoms with van der Waals surface area (Å²) >= 11 is 0. The number of imidazole rings is 2. The van der Waals surface area contributed by atoms with Crippen molar-refractivity contribution in [2.45, 2.75) is 26.7 Å². The fourth-order valence-corrected chi connectivity index (χ4v) is 6.87. The van der Waals surface area contributed by atoms with Crippen LogP contribution >= 0.6 is 0 Å². The van der Waals surface area contributed by atoms with Crippen molar-refractivity contribution in [3.63, 3.8) is 0 Å². The van der Waals surface area contributed by atoms with E-state index in [0.29, 0.717) is 0 Å². The third-order valence-electron chi connectivity index (χ3n) is 8.89. The lowest BCUT2D eigenvalue weighted by molar-refractivity contribution is 0.908. The van der Waals surface area contributed by atoms with E-state index < -0.39 is 0 Å². The van der Waals surface area contributed by atoms with E-state index in [1.165, 1.54) is 22.3 Å². The van der Waals surface area contributed by atoms with Crippen molar-refractivity contribution in [1.82, 2.24) is 19.1 Å². The number of aryl methyl sites for hydroxylation is 2. The van der Waals surface area contributed by atoms with Gasteiger partial charge >= 0.3 is 0 Å². The fourth-order valence-electron chi connectivity index (χ4n) is 6.87. The topological polar surface area (TPSA) is 35.6 Å². The molecule has 4 nitrogen and oxygen atoms in total. The van der Waals surface area contributed by atoms with E-state index in [0.717, 1.165) is 69.1 Å². The molecule has 0 aliphatic carbocycles. The van der Waals surface area contributed by atoms with Crippen molar-refractivity contribution in [1.29, 1.82) is 0 Å². The molecule has 8 aromatic rings. The molecule has 0 saturated heterocycles. The number of nitrogens with zero attached hydrogens (tertiary/aromatic N) is 4. The molecule has 4 heteroatoms. The van der Waals surface area contributed by atoms with Crippen LogP contribution < -0.4 is 0 Å². The molecule has 0 spiro atoms. The van der Waals surface area contributed by atoms with Crippen molar-refractivity contribution < 1.29 is 0 Å². The van der Waals surface area contributed by atoms with E-state index in [-0.39, 0.29) is 0 Å². The molecular weight excluding hydrogens is 560 g/mol. The van der Waals surface area contributed by atoms with Crippen molar-refractivity contribution in [2.75, 3.05) is 0 Å². The van der Waals surface area contributed by atoms with Crippen molar-refractivity contribution in [3.05, 3.63) is 157 Å². The lowest BCUT2D eigenvalue weighted by Gasteiger charge is -2.22. The Hall–Kier alpha value is -5.74. The Morgan fingerprint density at radius 2 is 0.870 bits per heavy atom. The molecule has 0 atom stereocenters. The molecule has 8 rings (SSSR count). The maximum Gasteiger partial charge on any atom is 0.114 e. The van der Waals surface area contributed by atoms with Crippen LogP contribution in [0.5, 0.6) is 0 Å². The van der Waals surface area contributed by atoms with E-state index >= 15 is 0 Å². The average molecular weight is 595 g/mol. The summed E-state index contributed by atoms with van der Waals surface area (Å²) in [5, 5.41) is 0. The van der Waals surface area contributed by atoms with E-state index in [1.807, 2.05) is 0 Å². The second kappa shape index (κ2) is 11.6. The smallest absolute Gasteiger partial charge is 0.114 e. The van der Waals surface area contributed by atoms with Crippen LogP contribution in [-0.2, 0) is 12.8 Å². The first-order valence-electron chi connectivity index (χ1n) is 16.1. The van der Waals surface area contributed by atoms with Gasteiger partial charge in [0.25, 0.3) is 0 Å². The third-order valence-corrected chi connectivity index (χ3v) is 8.89. The second-order valence-corrected chi connectivity index (χ2v) is 11.5. The Balaban J connectivity index is 1.47. The lowest BCUT2D eigenvalue weighted by Crippen LogP contribution is -2.05. The zero-order valence-electron chi connectivity index (χ0n) is 26.1. The summed E-state index contributed by atoms with van der Waals surface area (Å²) in [6, 6.07) is 51.9. The molecule has 0 aliphatic rings. The molecule has 0 radical (unpaired) electrons. The molecule has 2 heterocycles. The van der Waals surface area contributed by atoms with E-state index in [2.05, 4.69) is 169 Å². The summed E-state index contributed by atoms with van der Waals surface area (Å²) in [7, 11) is 0.